The van der Waals surface area contributed by atoms with Gasteiger partial charge in [0.15, 0.2) is 0 Å². The van der Waals surface area contributed by atoms with E-state index in [1.807, 2.05) is 31.2 Å². The molecule has 0 bridgehead atoms. The molecule has 128 valence electrons. The summed E-state index contributed by atoms with van der Waals surface area (Å²) in [5.74, 6) is -0.681. The van der Waals surface area contributed by atoms with E-state index in [0.29, 0.717) is 19.8 Å². The highest BCUT2D eigenvalue weighted by Crippen LogP contribution is 2.08. The lowest BCUT2D eigenvalue weighted by Crippen LogP contribution is -2.38. The Bertz CT molecular complexity index is 486. The van der Waals surface area contributed by atoms with E-state index in [-0.39, 0.29) is 25.7 Å². The zero-order valence-electron chi connectivity index (χ0n) is 14.0. The van der Waals surface area contributed by atoms with Gasteiger partial charge in [0.1, 0.15) is 13.2 Å². The van der Waals surface area contributed by atoms with Gasteiger partial charge in [-0.15, -0.1) is 0 Å². The van der Waals surface area contributed by atoms with Crippen LogP contribution in [-0.2, 0) is 30.3 Å². The number of ether oxygens (including phenoxy) is 3. The summed E-state index contributed by atoms with van der Waals surface area (Å²) in [6, 6.07) is 7.81. The Morgan fingerprint density at radius 2 is 1.83 bits per heavy atom. The summed E-state index contributed by atoms with van der Waals surface area (Å²) in [5, 5.41) is 0. The third kappa shape index (κ3) is 7.76. The van der Waals surface area contributed by atoms with Crippen molar-refractivity contribution in [3.63, 3.8) is 0 Å². The highest BCUT2D eigenvalue weighted by molar-refractivity contribution is 5.82. The summed E-state index contributed by atoms with van der Waals surface area (Å²) in [4.78, 5) is 25.4. The Labute approximate surface area is 137 Å². The van der Waals surface area contributed by atoms with Crippen LogP contribution >= 0.6 is 0 Å². The molecule has 1 aromatic carbocycles. The average Bonchev–Trinajstić information content (AvgIpc) is 2.53. The average molecular weight is 323 g/mol. The molecule has 0 aliphatic carbocycles. The molecular formula is C17H25NO5. The first kappa shape index (κ1) is 19.1. The summed E-state index contributed by atoms with van der Waals surface area (Å²) >= 11 is 0. The van der Waals surface area contributed by atoms with Gasteiger partial charge in [0.05, 0.1) is 19.8 Å². The van der Waals surface area contributed by atoms with Gasteiger partial charge in [-0.2, -0.15) is 0 Å². The molecule has 0 radical (unpaired) electrons. The quantitative estimate of drug-likeness (QED) is 0.483. The predicted molar refractivity (Wildman–Crippen MR) is 85.9 cm³/mol. The lowest BCUT2D eigenvalue weighted by Gasteiger charge is -2.22. The van der Waals surface area contributed by atoms with Crippen LogP contribution in [0.15, 0.2) is 24.3 Å². The zero-order valence-corrected chi connectivity index (χ0v) is 14.0. The van der Waals surface area contributed by atoms with Crippen molar-refractivity contribution >= 4 is 11.9 Å². The molecule has 1 amide bonds. The normalized spacial score (nSPS) is 10.4. The number of nitrogens with zero attached hydrogens (tertiary/aromatic N) is 1. The molecule has 1 rings (SSSR count). The second kappa shape index (κ2) is 10.7. The van der Waals surface area contributed by atoms with Gasteiger partial charge < -0.3 is 19.1 Å². The highest BCUT2D eigenvalue weighted by Gasteiger charge is 2.18. The van der Waals surface area contributed by atoms with Gasteiger partial charge in [-0.25, -0.2) is 0 Å². The van der Waals surface area contributed by atoms with Gasteiger partial charge >= 0.3 is 5.97 Å². The van der Waals surface area contributed by atoms with E-state index in [2.05, 4.69) is 0 Å². The molecule has 0 saturated carbocycles. The lowest BCUT2D eigenvalue weighted by atomic mass is 10.1. The molecule has 6 heteroatoms. The van der Waals surface area contributed by atoms with Crippen molar-refractivity contribution in [2.24, 2.45) is 0 Å². The fraction of sp³-hybridized carbons (Fsp3) is 0.529. The van der Waals surface area contributed by atoms with Crippen molar-refractivity contribution in [2.45, 2.75) is 20.4 Å². The maximum atomic E-state index is 12.3. The smallest absolute Gasteiger partial charge is 0.325 e. The molecule has 0 fully saturated rings. The minimum atomic E-state index is -0.426. The molecule has 0 N–H and O–H groups in total. The number of benzene rings is 1. The third-order valence-electron chi connectivity index (χ3n) is 3.13. The lowest BCUT2D eigenvalue weighted by molar-refractivity contribution is -0.151. The van der Waals surface area contributed by atoms with Gasteiger partial charge in [0.2, 0.25) is 5.91 Å². The van der Waals surface area contributed by atoms with Gasteiger partial charge in [0, 0.05) is 13.7 Å². The predicted octanol–water partition coefficient (Wildman–Crippen LogP) is 1.55. The number of rotatable bonds is 10. The van der Waals surface area contributed by atoms with Crippen molar-refractivity contribution in [3.05, 3.63) is 35.4 Å². The number of carbonyl (C=O) groups excluding carboxylic acids is 2. The molecule has 23 heavy (non-hydrogen) atoms. The van der Waals surface area contributed by atoms with Crippen LogP contribution in [0.5, 0.6) is 0 Å². The molecule has 0 heterocycles. The summed E-state index contributed by atoms with van der Waals surface area (Å²) in [5.41, 5.74) is 2.09. The van der Waals surface area contributed by atoms with Crippen molar-refractivity contribution in [3.8, 4) is 0 Å². The van der Waals surface area contributed by atoms with Crippen molar-refractivity contribution in [1.29, 1.82) is 0 Å². The van der Waals surface area contributed by atoms with Crippen LogP contribution in [0.4, 0.5) is 0 Å². The summed E-state index contributed by atoms with van der Waals surface area (Å²) in [6.07, 6.45) is 0. The topological polar surface area (TPSA) is 65.1 Å². The number of hydrogen-bond donors (Lipinski definition) is 0. The SMILES string of the molecule is CCOC(=O)CN(Cc1ccc(C)cc1)C(=O)COCCOC. The van der Waals surface area contributed by atoms with Gasteiger partial charge in [-0.3, -0.25) is 9.59 Å². The Balaban J connectivity index is 2.65. The van der Waals surface area contributed by atoms with E-state index in [1.54, 1.807) is 14.0 Å². The molecule has 0 aliphatic rings. The number of carbonyl (C=O) groups is 2. The third-order valence-corrected chi connectivity index (χ3v) is 3.13. The van der Waals surface area contributed by atoms with Crippen LogP contribution in [0, 0.1) is 6.92 Å². The second-order valence-corrected chi connectivity index (χ2v) is 5.09. The van der Waals surface area contributed by atoms with Crippen LogP contribution in [0.3, 0.4) is 0 Å². The van der Waals surface area contributed by atoms with Gasteiger partial charge in [0.25, 0.3) is 0 Å². The maximum absolute atomic E-state index is 12.3. The number of amides is 1. The van der Waals surface area contributed by atoms with Crippen LogP contribution in [-0.4, -0.2) is 56.9 Å². The standard InChI is InChI=1S/C17H25NO5/c1-4-23-17(20)12-18(16(19)13-22-10-9-21-3)11-15-7-5-14(2)6-8-15/h5-8H,4,9-13H2,1-3H3. The van der Waals surface area contributed by atoms with Gasteiger partial charge in [-0.1, -0.05) is 29.8 Å². The first-order chi connectivity index (χ1) is 11.1. The number of aryl methyl sites for hydroxylation is 1. The molecule has 0 saturated heterocycles. The first-order valence-corrected chi connectivity index (χ1v) is 7.62. The largest absolute Gasteiger partial charge is 0.465 e. The van der Waals surface area contributed by atoms with Crippen LogP contribution in [0.1, 0.15) is 18.1 Å². The Hall–Kier alpha value is -1.92. The molecule has 0 unspecified atom stereocenters. The van der Waals surface area contributed by atoms with Gasteiger partial charge in [-0.05, 0) is 19.4 Å². The van der Waals surface area contributed by atoms with E-state index < -0.39 is 5.97 Å². The van der Waals surface area contributed by atoms with Crippen LogP contribution in [0.25, 0.3) is 0 Å². The van der Waals surface area contributed by atoms with Crippen LogP contribution < -0.4 is 0 Å². The van der Waals surface area contributed by atoms with Crippen molar-refractivity contribution in [1.82, 2.24) is 4.90 Å². The number of methoxy groups -OCH3 is 1. The maximum Gasteiger partial charge on any atom is 0.325 e. The van der Waals surface area contributed by atoms with E-state index in [9.17, 15) is 9.59 Å². The Morgan fingerprint density at radius 1 is 1.13 bits per heavy atom. The Kier molecular flexibility index (Phi) is 8.94. The van der Waals surface area contributed by atoms with E-state index in [0.717, 1.165) is 11.1 Å². The fourth-order valence-electron chi connectivity index (χ4n) is 1.90. The molecule has 1 aromatic rings. The van der Waals surface area contributed by atoms with E-state index in [4.69, 9.17) is 14.2 Å². The van der Waals surface area contributed by atoms with E-state index in [1.165, 1.54) is 4.90 Å². The molecular weight excluding hydrogens is 298 g/mol. The molecule has 0 atom stereocenters. The Morgan fingerprint density at radius 3 is 2.43 bits per heavy atom. The minimum Gasteiger partial charge on any atom is -0.465 e. The van der Waals surface area contributed by atoms with E-state index >= 15 is 0 Å². The number of hydrogen-bond acceptors (Lipinski definition) is 5. The fourth-order valence-corrected chi connectivity index (χ4v) is 1.90. The molecule has 0 aliphatic heterocycles. The molecule has 6 nitrogen and oxygen atoms in total. The van der Waals surface area contributed by atoms with Crippen molar-refractivity contribution in [2.75, 3.05) is 40.1 Å². The molecule has 0 spiro atoms. The van der Waals surface area contributed by atoms with Crippen LogP contribution in [0.2, 0.25) is 0 Å². The number of esters is 1. The zero-order chi connectivity index (χ0) is 17.1. The first-order valence-electron chi connectivity index (χ1n) is 7.62. The van der Waals surface area contributed by atoms with Crippen molar-refractivity contribution < 1.29 is 23.8 Å². The monoisotopic (exact) mass is 323 g/mol. The molecule has 0 aromatic heterocycles. The highest BCUT2D eigenvalue weighted by atomic mass is 16.5. The summed E-state index contributed by atoms with van der Waals surface area (Å²) in [6.45, 7) is 4.93. The summed E-state index contributed by atoms with van der Waals surface area (Å²) in [7, 11) is 1.57. The minimum absolute atomic E-state index is 0.0887. The summed E-state index contributed by atoms with van der Waals surface area (Å²) < 4.78 is 15.0. The second-order valence-electron chi connectivity index (χ2n) is 5.09.